The maximum absolute atomic E-state index is 6.35. The molecule has 0 radical (unpaired) electrons. The Kier molecular flexibility index (Phi) is 4.42. The van der Waals surface area contributed by atoms with Crippen molar-refractivity contribution in [2.24, 2.45) is 5.73 Å². The van der Waals surface area contributed by atoms with E-state index in [4.69, 9.17) is 5.73 Å². The average Bonchev–Trinajstić information content (AvgIpc) is 2.83. The second-order valence-electron chi connectivity index (χ2n) is 4.98. The van der Waals surface area contributed by atoms with Crippen LogP contribution in [0.5, 0.6) is 0 Å². The van der Waals surface area contributed by atoms with Crippen LogP contribution in [0.2, 0.25) is 0 Å². The van der Waals surface area contributed by atoms with Gasteiger partial charge in [-0.2, -0.15) is 5.10 Å². The zero-order valence-corrected chi connectivity index (χ0v) is 13.2. The molecular weight excluding hydrogens is 302 g/mol. The molecule has 1 heterocycles. The minimum atomic E-state index is -0.115. The highest BCUT2D eigenvalue weighted by molar-refractivity contribution is 9.10. The fourth-order valence-corrected chi connectivity index (χ4v) is 2.47. The second-order valence-corrected chi connectivity index (χ2v) is 5.78. The summed E-state index contributed by atoms with van der Waals surface area (Å²) < 4.78 is 3.11. The predicted octanol–water partition coefficient (Wildman–Crippen LogP) is 3.72. The van der Waals surface area contributed by atoms with Gasteiger partial charge in [0.15, 0.2) is 0 Å². The van der Waals surface area contributed by atoms with Gasteiger partial charge in [0.25, 0.3) is 0 Å². The van der Waals surface area contributed by atoms with E-state index in [1.54, 1.807) is 0 Å². The van der Waals surface area contributed by atoms with Crippen LogP contribution in [-0.4, -0.2) is 9.78 Å². The van der Waals surface area contributed by atoms with Gasteiger partial charge < -0.3 is 5.73 Å². The molecule has 0 fully saturated rings. The molecule has 1 aromatic carbocycles. The molecule has 0 saturated heterocycles. The summed E-state index contributed by atoms with van der Waals surface area (Å²) in [5.74, 6) is 0. The molecule has 102 valence electrons. The summed E-state index contributed by atoms with van der Waals surface area (Å²) in [5, 5.41) is 4.34. The van der Waals surface area contributed by atoms with E-state index in [2.05, 4.69) is 53.9 Å². The monoisotopic (exact) mass is 321 g/mol. The number of nitrogens with zero attached hydrogens (tertiary/aromatic N) is 2. The minimum absolute atomic E-state index is 0.115. The summed E-state index contributed by atoms with van der Waals surface area (Å²) in [6.07, 6.45) is 4.99. The molecule has 0 bridgehead atoms. The van der Waals surface area contributed by atoms with Gasteiger partial charge in [-0.3, -0.25) is 4.68 Å². The van der Waals surface area contributed by atoms with Crippen molar-refractivity contribution >= 4 is 15.9 Å². The summed E-state index contributed by atoms with van der Waals surface area (Å²) in [6.45, 7) is 7.26. The van der Waals surface area contributed by atoms with E-state index in [1.807, 2.05) is 17.1 Å². The minimum Gasteiger partial charge on any atom is -0.320 e. The van der Waals surface area contributed by atoms with Crippen LogP contribution in [0, 0.1) is 13.8 Å². The molecule has 2 N–H and O–H groups in total. The lowest BCUT2D eigenvalue weighted by Crippen LogP contribution is -2.12. The number of aromatic nitrogens is 2. The topological polar surface area (TPSA) is 43.8 Å². The van der Waals surface area contributed by atoms with E-state index in [0.29, 0.717) is 0 Å². The molecule has 1 atom stereocenters. The lowest BCUT2D eigenvalue weighted by atomic mass is 9.98. The highest BCUT2D eigenvalue weighted by Gasteiger charge is 2.13. The maximum Gasteiger partial charge on any atom is 0.0583 e. The van der Waals surface area contributed by atoms with Gasteiger partial charge in [0, 0.05) is 22.8 Å². The van der Waals surface area contributed by atoms with Gasteiger partial charge in [-0.25, -0.2) is 0 Å². The quantitative estimate of drug-likeness (QED) is 0.932. The van der Waals surface area contributed by atoms with E-state index < -0.39 is 0 Å². The van der Waals surface area contributed by atoms with Crippen LogP contribution in [-0.2, 0) is 6.54 Å². The zero-order chi connectivity index (χ0) is 14.0. The molecule has 2 aromatic rings. The van der Waals surface area contributed by atoms with Crippen LogP contribution in [0.3, 0.4) is 0 Å². The first-order valence-corrected chi connectivity index (χ1v) is 7.36. The lowest BCUT2D eigenvalue weighted by Gasteiger charge is -2.13. The molecule has 0 aliphatic rings. The SMILES string of the molecule is CCCn1cc(C(N)c2cc(C)c(Br)c(C)c2)cn1. The fraction of sp³-hybridized carbons (Fsp3) is 0.400. The van der Waals surface area contributed by atoms with Gasteiger partial charge >= 0.3 is 0 Å². The van der Waals surface area contributed by atoms with E-state index in [0.717, 1.165) is 28.6 Å². The largest absolute Gasteiger partial charge is 0.320 e. The molecule has 4 heteroatoms. The smallest absolute Gasteiger partial charge is 0.0583 e. The number of rotatable bonds is 4. The van der Waals surface area contributed by atoms with Crippen LogP contribution in [0.4, 0.5) is 0 Å². The predicted molar refractivity (Wildman–Crippen MR) is 82.2 cm³/mol. The highest BCUT2D eigenvalue weighted by atomic mass is 79.9. The summed E-state index contributed by atoms with van der Waals surface area (Å²) in [4.78, 5) is 0. The Morgan fingerprint density at radius 2 is 1.89 bits per heavy atom. The van der Waals surface area contributed by atoms with Crippen LogP contribution in [0.15, 0.2) is 29.0 Å². The molecule has 19 heavy (non-hydrogen) atoms. The van der Waals surface area contributed by atoms with Gasteiger partial charge in [0.2, 0.25) is 0 Å². The van der Waals surface area contributed by atoms with Gasteiger partial charge in [-0.1, -0.05) is 35.0 Å². The van der Waals surface area contributed by atoms with Gasteiger partial charge in [-0.05, 0) is 37.0 Å². The van der Waals surface area contributed by atoms with E-state index in [9.17, 15) is 0 Å². The van der Waals surface area contributed by atoms with Crippen LogP contribution >= 0.6 is 15.9 Å². The Hall–Kier alpha value is -1.13. The van der Waals surface area contributed by atoms with Crippen molar-refractivity contribution in [3.05, 3.63) is 51.3 Å². The van der Waals surface area contributed by atoms with Crippen molar-refractivity contribution in [1.82, 2.24) is 9.78 Å². The van der Waals surface area contributed by atoms with Gasteiger partial charge in [-0.15, -0.1) is 0 Å². The van der Waals surface area contributed by atoms with Gasteiger partial charge in [0.05, 0.1) is 12.2 Å². The summed E-state index contributed by atoms with van der Waals surface area (Å²) in [7, 11) is 0. The molecule has 0 aliphatic heterocycles. The summed E-state index contributed by atoms with van der Waals surface area (Å²) in [6, 6.07) is 4.16. The van der Waals surface area contributed by atoms with Crippen LogP contribution < -0.4 is 5.73 Å². The van der Waals surface area contributed by atoms with Crippen LogP contribution in [0.1, 0.15) is 41.6 Å². The molecule has 2 rings (SSSR count). The number of aryl methyl sites for hydroxylation is 3. The van der Waals surface area contributed by atoms with Crippen molar-refractivity contribution < 1.29 is 0 Å². The third kappa shape index (κ3) is 3.07. The van der Waals surface area contributed by atoms with Crippen molar-refractivity contribution in [1.29, 1.82) is 0 Å². The van der Waals surface area contributed by atoms with Gasteiger partial charge in [0.1, 0.15) is 0 Å². The summed E-state index contributed by atoms with van der Waals surface area (Å²) in [5.41, 5.74) is 11.0. The number of halogens is 1. The van der Waals surface area contributed by atoms with E-state index in [1.165, 1.54) is 11.1 Å². The van der Waals surface area contributed by atoms with Crippen molar-refractivity contribution in [2.75, 3.05) is 0 Å². The van der Waals surface area contributed by atoms with Crippen molar-refractivity contribution in [3.63, 3.8) is 0 Å². The zero-order valence-electron chi connectivity index (χ0n) is 11.7. The molecule has 1 unspecified atom stereocenters. The molecule has 0 saturated carbocycles. The molecule has 1 aromatic heterocycles. The normalized spacial score (nSPS) is 12.7. The Morgan fingerprint density at radius 1 is 1.26 bits per heavy atom. The highest BCUT2D eigenvalue weighted by Crippen LogP contribution is 2.27. The molecular formula is C15H20BrN3. The van der Waals surface area contributed by atoms with Crippen LogP contribution in [0.25, 0.3) is 0 Å². The van der Waals surface area contributed by atoms with Crippen molar-refractivity contribution in [3.8, 4) is 0 Å². The fourth-order valence-electron chi connectivity index (χ4n) is 2.24. The second kappa shape index (κ2) is 5.88. The van der Waals surface area contributed by atoms with Crippen molar-refractivity contribution in [2.45, 2.75) is 39.8 Å². The standard InChI is InChI=1S/C15H20BrN3/c1-4-5-19-9-13(8-18-19)15(17)12-6-10(2)14(16)11(3)7-12/h6-9,15H,4-5,17H2,1-3H3. The molecule has 0 amide bonds. The number of hydrogen-bond acceptors (Lipinski definition) is 2. The number of nitrogens with two attached hydrogens (primary N) is 1. The first-order valence-electron chi connectivity index (χ1n) is 6.57. The van der Waals surface area contributed by atoms with E-state index >= 15 is 0 Å². The Bertz CT molecular complexity index is 552. The Morgan fingerprint density at radius 3 is 2.47 bits per heavy atom. The molecule has 3 nitrogen and oxygen atoms in total. The first kappa shape index (κ1) is 14.3. The number of benzene rings is 1. The molecule has 0 spiro atoms. The first-order chi connectivity index (χ1) is 9.02. The Labute approximate surface area is 122 Å². The van der Waals surface area contributed by atoms with E-state index in [-0.39, 0.29) is 6.04 Å². The summed E-state index contributed by atoms with van der Waals surface area (Å²) >= 11 is 3.59. The molecule has 0 aliphatic carbocycles. The number of hydrogen-bond donors (Lipinski definition) is 1. The third-order valence-corrected chi connectivity index (χ3v) is 4.53. The lowest BCUT2D eigenvalue weighted by molar-refractivity contribution is 0.602. The average molecular weight is 322 g/mol. The third-order valence-electron chi connectivity index (χ3n) is 3.28. The Balaban J connectivity index is 2.30. The maximum atomic E-state index is 6.35.